The van der Waals surface area contributed by atoms with Crippen LogP contribution in [-0.2, 0) is 28.7 Å². The molecular weight excluding hydrogens is 344 g/mol. The summed E-state index contributed by atoms with van der Waals surface area (Å²) in [7, 11) is 1.18. The number of aliphatic hydroxyl groups is 1. The number of amides is 2. The third-order valence-corrected chi connectivity index (χ3v) is 3.85. The van der Waals surface area contributed by atoms with Gasteiger partial charge in [-0.05, 0) is 27.2 Å². The van der Waals surface area contributed by atoms with Crippen LogP contribution >= 0.6 is 0 Å². The molecule has 0 spiro atoms. The third kappa shape index (κ3) is 6.62. The van der Waals surface area contributed by atoms with Crippen molar-refractivity contribution in [3.05, 3.63) is 0 Å². The Morgan fingerprint density at radius 2 is 1.88 bits per heavy atom. The molecular formula is C17H28N2O7. The first kappa shape index (κ1) is 21.9. The van der Waals surface area contributed by atoms with Crippen molar-refractivity contribution in [2.24, 2.45) is 0 Å². The van der Waals surface area contributed by atoms with Crippen LogP contribution < -0.4 is 5.32 Å². The summed E-state index contributed by atoms with van der Waals surface area (Å²) >= 11 is 0. The van der Waals surface area contributed by atoms with Gasteiger partial charge >= 0.3 is 11.9 Å². The second-order valence-corrected chi connectivity index (χ2v) is 7.29. The number of aliphatic hydroxyl groups excluding tert-OH is 1. The van der Waals surface area contributed by atoms with Gasteiger partial charge in [-0.2, -0.15) is 0 Å². The van der Waals surface area contributed by atoms with Crippen LogP contribution in [0.2, 0.25) is 0 Å². The van der Waals surface area contributed by atoms with Crippen LogP contribution in [0, 0.1) is 0 Å². The molecule has 0 aromatic rings. The molecule has 2 amide bonds. The largest absolute Gasteiger partial charge is 0.467 e. The van der Waals surface area contributed by atoms with E-state index in [2.05, 4.69) is 10.1 Å². The van der Waals surface area contributed by atoms with Gasteiger partial charge in [-0.25, -0.2) is 4.79 Å². The molecule has 0 aliphatic carbocycles. The fraction of sp³-hybridized carbons (Fsp3) is 0.765. The second-order valence-electron chi connectivity index (χ2n) is 7.29. The number of hydrogen-bond acceptors (Lipinski definition) is 7. The molecule has 0 radical (unpaired) electrons. The summed E-state index contributed by atoms with van der Waals surface area (Å²) in [4.78, 5) is 49.1. The number of carbonyl (C=O) groups excluding carboxylic acids is 4. The van der Waals surface area contributed by atoms with Gasteiger partial charge in [-0.15, -0.1) is 0 Å². The van der Waals surface area contributed by atoms with Crippen LogP contribution in [0.3, 0.4) is 0 Å². The summed E-state index contributed by atoms with van der Waals surface area (Å²) in [6.45, 7) is 6.55. The van der Waals surface area contributed by atoms with Crippen LogP contribution in [0.4, 0.5) is 0 Å². The summed E-state index contributed by atoms with van der Waals surface area (Å²) in [5.74, 6) is -2.11. The van der Waals surface area contributed by atoms with Crippen LogP contribution in [0.5, 0.6) is 0 Å². The Labute approximate surface area is 153 Å². The number of rotatable bonds is 6. The predicted octanol–water partition coefficient (Wildman–Crippen LogP) is -0.252. The van der Waals surface area contributed by atoms with Crippen LogP contribution in [0.1, 0.15) is 47.0 Å². The fourth-order valence-electron chi connectivity index (χ4n) is 2.72. The number of hydrogen-bond donors (Lipinski definition) is 2. The van der Waals surface area contributed by atoms with E-state index in [9.17, 15) is 24.3 Å². The van der Waals surface area contributed by atoms with E-state index in [1.54, 1.807) is 20.8 Å². The maximum atomic E-state index is 12.5. The first-order valence-electron chi connectivity index (χ1n) is 8.50. The highest BCUT2D eigenvalue weighted by Crippen LogP contribution is 2.19. The minimum absolute atomic E-state index is 0.00265. The molecule has 9 heteroatoms. The zero-order chi connectivity index (χ0) is 20.1. The van der Waals surface area contributed by atoms with Crippen molar-refractivity contribution in [3.63, 3.8) is 0 Å². The maximum absolute atomic E-state index is 12.5. The highest BCUT2D eigenvalue weighted by Gasteiger charge is 2.39. The molecule has 0 aromatic carbocycles. The fourth-order valence-corrected chi connectivity index (χ4v) is 2.72. The minimum atomic E-state index is -1.05. The summed E-state index contributed by atoms with van der Waals surface area (Å²) in [5.41, 5.74) is -0.650. The molecule has 1 fully saturated rings. The lowest BCUT2D eigenvalue weighted by Gasteiger charge is -2.25. The zero-order valence-electron chi connectivity index (χ0n) is 15.9. The Kier molecular flexibility index (Phi) is 7.55. The van der Waals surface area contributed by atoms with Crippen molar-refractivity contribution in [2.45, 2.75) is 70.7 Å². The first-order chi connectivity index (χ1) is 11.9. The monoisotopic (exact) mass is 372 g/mol. The number of methoxy groups -OCH3 is 1. The average molecular weight is 372 g/mol. The Balaban J connectivity index is 2.72. The molecule has 2 N–H and O–H groups in total. The minimum Gasteiger partial charge on any atom is -0.467 e. The molecule has 148 valence electrons. The van der Waals surface area contributed by atoms with Crippen molar-refractivity contribution in [1.82, 2.24) is 10.2 Å². The molecule has 1 heterocycles. The molecule has 0 bridgehead atoms. The lowest BCUT2D eigenvalue weighted by Crippen LogP contribution is -2.50. The topological polar surface area (TPSA) is 122 Å². The lowest BCUT2D eigenvalue weighted by molar-refractivity contribution is -0.155. The van der Waals surface area contributed by atoms with Gasteiger partial charge in [0.15, 0.2) is 0 Å². The molecule has 26 heavy (non-hydrogen) atoms. The molecule has 9 nitrogen and oxygen atoms in total. The van der Waals surface area contributed by atoms with Gasteiger partial charge in [-0.3, -0.25) is 14.4 Å². The van der Waals surface area contributed by atoms with E-state index in [1.165, 1.54) is 18.9 Å². The molecule has 0 saturated carbocycles. The number of ether oxygens (including phenoxy) is 2. The summed E-state index contributed by atoms with van der Waals surface area (Å²) in [5, 5.41) is 12.2. The molecule has 0 unspecified atom stereocenters. The Morgan fingerprint density at radius 1 is 1.27 bits per heavy atom. The van der Waals surface area contributed by atoms with Gasteiger partial charge in [-0.1, -0.05) is 0 Å². The molecule has 1 aliphatic rings. The van der Waals surface area contributed by atoms with Gasteiger partial charge in [0.2, 0.25) is 11.8 Å². The Hall–Kier alpha value is -2.16. The van der Waals surface area contributed by atoms with Crippen molar-refractivity contribution in [2.75, 3.05) is 13.7 Å². The van der Waals surface area contributed by atoms with Gasteiger partial charge in [0.05, 0.1) is 13.2 Å². The van der Waals surface area contributed by atoms with E-state index >= 15 is 0 Å². The quantitative estimate of drug-likeness (QED) is 0.616. The summed E-state index contributed by atoms with van der Waals surface area (Å²) in [6, 6.07) is -1.91. The molecule has 0 aromatic heterocycles. The molecule has 1 saturated heterocycles. The molecule has 1 rings (SSSR count). The lowest BCUT2D eigenvalue weighted by atomic mass is 10.1. The summed E-state index contributed by atoms with van der Waals surface area (Å²) in [6.07, 6.45) is -0.789. The van der Waals surface area contributed by atoms with Gasteiger partial charge in [0, 0.05) is 26.3 Å². The van der Waals surface area contributed by atoms with Gasteiger partial charge in [0.25, 0.3) is 0 Å². The van der Waals surface area contributed by atoms with E-state index in [0.717, 1.165) is 0 Å². The van der Waals surface area contributed by atoms with Crippen molar-refractivity contribution in [1.29, 1.82) is 0 Å². The van der Waals surface area contributed by atoms with E-state index in [0.29, 0.717) is 0 Å². The Morgan fingerprint density at radius 3 is 2.38 bits per heavy atom. The van der Waals surface area contributed by atoms with E-state index < -0.39 is 41.6 Å². The van der Waals surface area contributed by atoms with Crippen molar-refractivity contribution >= 4 is 23.8 Å². The second kappa shape index (κ2) is 8.98. The SMILES string of the molecule is COC(=O)[C@@H](CCC(=O)OC(C)(C)C)NC(=O)[C@@H]1C[C@@H](O)CN1C(C)=O. The average Bonchev–Trinajstić information content (AvgIpc) is 2.91. The number of β-amino-alcohol motifs (C(OH)–C–C–N with tert-alkyl or cyclic N) is 1. The predicted molar refractivity (Wildman–Crippen MR) is 90.8 cm³/mol. The standard InChI is InChI=1S/C17H28N2O7/c1-10(20)19-9-11(21)8-13(19)15(23)18-12(16(24)25-5)6-7-14(22)26-17(2,3)4/h11-13,21H,6-9H2,1-5H3,(H,18,23)/t11-,12-,13+/m1/s1. The third-order valence-electron chi connectivity index (χ3n) is 3.85. The van der Waals surface area contributed by atoms with Crippen molar-refractivity contribution < 1.29 is 33.8 Å². The van der Waals surface area contributed by atoms with Crippen LogP contribution in [0.25, 0.3) is 0 Å². The highest BCUT2D eigenvalue weighted by molar-refractivity contribution is 5.91. The van der Waals surface area contributed by atoms with E-state index in [1.807, 2.05) is 0 Å². The van der Waals surface area contributed by atoms with Crippen LogP contribution in [-0.4, -0.2) is 71.2 Å². The maximum Gasteiger partial charge on any atom is 0.328 e. The Bertz CT molecular complexity index is 556. The number of nitrogens with one attached hydrogen (secondary N) is 1. The van der Waals surface area contributed by atoms with Gasteiger partial charge < -0.3 is 24.8 Å². The van der Waals surface area contributed by atoms with Gasteiger partial charge in [0.1, 0.15) is 17.7 Å². The smallest absolute Gasteiger partial charge is 0.328 e. The van der Waals surface area contributed by atoms with Crippen molar-refractivity contribution in [3.8, 4) is 0 Å². The van der Waals surface area contributed by atoms with Crippen LogP contribution in [0.15, 0.2) is 0 Å². The highest BCUT2D eigenvalue weighted by atomic mass is 16.6. The summed E-state index contributed by atoms with van der Waals surface area (Å²) < 4.78 is 9.85. The first-order valence-corrected chi connectivity index (χ1v) is 8.50. The number of carbonyl (C=O) groups is 4. The zero-order valence-corrected chi connectivity index (χ0v) is 15.9. The number of likely N-dealkylation sites (tertiary alicyclic amines) is 1. The number of esters is 2. The van der Waals surface area contributed by atoms with E-state index in [-0.39, 0.29) is 31.7 Å². The molecule has 3 atom stereocenters. The number of nitrogens with zero attached hydrogens (tertiary/aromatic N) is 1. The molecule has 1 aliphatic heterocycles. The van der Waals surface area contributed by atoms with E-state index in [4.69, 9.17) is 4.74 Å². The normalized spacial score (nSPS) is 21.1.